The number of oxime groups is 1. The van der Waals surface area contributed by atoms with Gasteiger partial charge in [0.05, 0.1) is 0 Å². The van der Waals surface area contributed by atoms with E-state index in [1.165, 1.54) is 21.7 Å². The molecular formula is C12H18N4O3. The Kier molecular flexibility index (Phi) is 4.68. The molecule has 3 N–H and O–H groups in total. The molecule has 1 rings (SSSR count). The minimum Gasteiger partial charge on any atom is -0.409 e. The molecule has 1 aromatic rings. The van der Waals surface area contributed by atoms with Crippen LogP contribution in [0.3, 0.4) is 0 Å². The van der Waals surface area contributed by atoms with Crippen LogP contribution in [0.4, 0.5) is 0 Å². The minimum atomic E-state index is -0.282. The number of carbonyl (C=O) groups is 1. The van der Waals surface area contributed by atoms with Gasteiger partial charge in [0.2, 0.25) is 0 Å². The van der Waals surface area contributed by atoms with Gasteiger partial charge >= 0.3 is 0 Å². The maximum absolute atomic E-state index is 12.2. The lowest BCUT2D eigenvalue weighted by atomic mass is 10.1. The minimum absolute atomic E-state index is 0.0520. The van der Waals surface area contributed by atoms with E-state index in [-0.39, 0.29) is 29.8 Å². The van der Waals surface area contributed by atoms with Gasteiger partial charge in [-0.05, 0) is 13.0 Å². The second-order valence-electron chi connectivity index (χ2n) is 4.43. The maximum atomic E-state index is 12.2. The van der Waals surface area contributed by atoms with Crippen LogP contribution in [-0.2, 0) is 7.05 Å². The van der Waals surface area contributed by atoms with Crippen LogP contribution in [0, 0.1) is 0 Å². The average Bonchev–Trinajstić information content (AvgIpc) is 2.39. The summed E-state index contributed by atoms with van der Waals surface area (Å²) in [6, 6.07) is 2.62. The van der Waals surface area contributed by atoms with Crippen LogP contribution in [0.15, 0.2) is 28.3 Å². The summed E-state index contributed by atoms with van der Waals surface area (Å²) < 4.78 is 1.39. The zero-order valence-corrected chi connectivity index (χ0v) is 11.2. The van der Waals surface area contributed by atoms with Crippen molar-refractivity contribution in [2.24, 2.45) is 17.9 Å². The largest absolute Gasteiger partial charge is 0.409 e. The predicted octanol–water partition coefficient (Wildman–Crippen LogP) is -0.0177. The van der Waals surface area contributed by atoms with Gasteiger partial charge in [0.25, 0.3) is 11.5 Å². The first-order chi connectivity index (χ1) is 8.86. The Morgan fingerprint density at radius 1 is 1.63 bits per heavy atom. The van der Waals surface area contributed by atoms with E-state index < -0.39 is 0 Å². The Morgan fingerprint density at radius 2 is 2.26 bits per heavy atom. The molecule has 19 heavy (non-hydrogen) atoms. The Morgan fingerprint density at radius 3 is 2.79 bits per heavy atom. The van der Waals surface area contributed by atoms with Gasteiger partial charge in [-0.15, -0.1) is 0 Å². The van der Waals surface area contributed by atoms with Crippen molar-refractivity contribution < 1.29 is 10.0 Å². The number of nitrogens with zero attached hydrogens (tertiary/aromatic N) is 3. The van der Waals surface area contributed by atoms with Gasteiger partial charge in [-0.1, -0.05) is 5.16 Å². The summed E-state index contributed by atoms with van der Waals surface area (Å²) in [5.74, 6) is -0.230. The third-order valence-corrected chi connectivity index (χ3v) is 2.97. The molecule has 0 radical (unpaired) electrons. The quantitative estimate of drug-likeness (QED) is 0.346. The van der Waals surface area contributed by atoms with E-state index in [1.807, 2.05) is 0 Å². The van der Waals surface area contributed by atoms with Crippen molar-refractivity contribution in [2.75, 3.05) is 7.05 Å². The van der Waals surface area contributed by atoms with E-state index in [1.54, 1.807) is 27.1 Å². The summed E-state index contributed by atoms with van der Waals surface area (Å²) >= 11 is 0. The third-order valence-electron chi connectivity index (χ3n) is 2.97. The molecule has 1 atom stereocenters. The monoisotopic (exact) mass is 266 g/mol. The van der Waals surface area contributed by atoms with E-state index in [0.29, 0.717) is 5.56 Å². The number of hydrogen-bond acceptors (Lipinski definition) is 4. The van der Waals surface area contributed by atoms with Crippen molar-refractivity contribution in [1.29, 1.82) is 0 Å². The standard InChI is InChI=1S/C12H18N4O3/c1-8(6-10(13)14-19)16(3)12(18)9-4-5-15(2)11(17)7-9/h4-5,7-8,19H,6H2,1-3H3,(H2,13,14). The smallest absolute Gasteiger partial charge is 0.254 e. The lowest BCUT2D eigenvalue weighted by Gasteiger charge is -2.24. The van der Waals surface area contributed by atoms with Gasteiger partial charge in [0.1, 0.15) is 5.84 Å². The number of rotatable bonds is 4. The molecule has 0 aromatic carbocycles. The van der Waals surface area contributed by atoms with Crippen molar-refractivity contribution in [3.05, 3.63) is 34.2 Å². The summed E-state index contributed by atoms with van der Waals surface area (Å²) in [5.41, 5.74) is 5.47. The number of nitrogens with two attached hydrogens (primary N) is 1. The Balaban J connectivity index is 2.87. The normalized spacial score (nSPS) is 13.1. The first-order valence-corrected chi connectivity index (χ1v) is 5.77. The molecule has 104 valence electrons. The SMILES string of the molecule is CC(C/C(N)=N/O)N(C)C(=O)c1ccn(C)c(=O)c1. The Bertz CT molecular complexity index is 550. The van der Waals surface area contributed by atoms with Crippen molar-refractivity contribution in [3.8, 4) is 0 Å². The Labute approximate surface area is 110 Å². The highest BCUT2D eigenvalue weighted by Gasteiger charge is 2.19. The van der Waals surface area contributed by atoms with Crippen molar-refractivity contribution in [2.45, 2.75) is 19.4 Å². The van der Waals surface area contributed by atoms with Gasteiger partial charge in [-0.2, -0.15) is 0 Å². The molecule has 0 fully saturated rings. The highest BCUT2D eigenvalue weighted by Crippen LogP contribution is 2.07. The van der Waals surface area contributed by atoms with Crippen molar-refractivity contribution in [1.82, 2.24) is 9.47 Å². The fraction of sp³-hybridized carbons (Fsp3) is 0.417. The molecule has 1 unspecified atom stereocenters. The molecule has 0 aliphatic heterocycles. The summed E-state index contributed by atoms with van der Waals surface area (Å²) in [6.45, 7) is 1.77. The van der Waals surface area contributed by atoms with Crippen LogP contribution >= 0.6 is 0 Å². The number of amides is 1. The number of hydrogen-bond donors (Lipinski definition) is 2. The van der Waals surface area contributed by atoms with Gasteiger partial charge in [-0.25, -0.2) is 0 Å². The topological polar surface area (TPSA) is 101 Å². The zero-order valence-electron chi connectivity index (χ0n) is 11.2. The van der Waals surface area contributed by atoms with Crippen LogP contribution in [0.1, 0.15) is 23.7 Å². The summed E-state index contributed by atoms with van der Waals surface area (Å²) in [6.07, 6.45) is 1.79. The molecule has 0 spiro atoms. The van der Waals surface area contributed by atoms with Gasteiger partial charge < -0.3 is 20.4 Å². The Hall–Kier alpha value is -2.31. The highest BCUT2D eigenvalue weighted by molar-refractivity contribution is 5.94. The van der Waals surface area contributed by atoms with Crippen LogP contribution in [0.5, 0.6) is 0 Å². The van der Waals surface area contributed by atoms with Crippen LogP contribution in [-0.4, -0.2) is 39.5 Å². The van der Waals surface area contributed by atoms with Gasteiger partial charge in [0, 0.05) is 44.4 Å². The molecule has 0 bridgehead atoms. The molecular weight excluding hydrogens is 248 g/mol. The number of aryl methyl sites for hydroxylation is 1. The second-order valence-corrected chi connectivity index (χ2v) is 4.43. The van der Waals surface area contributed by atoms with E-state index in [2.05, 4.69) is 5.16 Å². The number of pyridine rings is 1. The highest BCUT2D eigenvalue weighted by atomic mass is 16.4. The number of amidine groups is 1. The lowest BCUT2D eigenvalue weighted by molar-refractivity contribution is 0.0747. The molecule has 7 nitrogen and oxygen atoms in total. The maximum Gasteiger partial charge on any atom is 0.254 e. The fourth-order valence-electron chi connectivity index (χ4n) is 1.57. The summed E-state index contributed by atoms with van der Waals surface area (Å²) in [5, 5.41) is 11.4. The van der Waals surface area contributed by atoms with Gasteiger partial charge in [0.15, 0.2) is 0 Å². The van der Waals surface area contributed by atoms with E-state index in [4.69, 9.17) is 10.9 Å². The third kappa shape index (κ3) is 3.57. The predicted molar refractivity (Wildman–Crippen MR) is 71.3 cm³/mol. The number of carbonyl (C=O) groups excluding carboxylic acids is 1. The molecule has 0 aliphatic rings. The van der Waals surface area contributed by atoms with E-state index in [0.717, 1.165) is 0 Å². The van der Waals surface area contributed by atoms with Gasteiger partial charge in [-0.3, -0.25) is 9.59 Å². The molecule has 1 amide bonds. The lowest BCUT2D eigenvalue weighted by Crippen LogP contribution is -2.38. The van der Waals surface area contributed by atoms with E-state index in [9.17, 15) is 9.59 Å². The number of aromatic nitrogens is 1. The van der Waals surface area contributed by atoms with E-state index >= 15 is 0 Å². The molecule has 1 heterocycles. The zero-order chi connectivity index (χ0) is 14.6. The van der Waals surface area contributed by atoms with Crippen LogP contribution in [0.25, 0.3) is 0 Å². The summed E-state index contributed by atoms with van der Waals surface area (Å²) in [4.78, 5) is 25.1. The fourth-order valence-corrected chi connectivity index (χ4v) is 1.57. The van der Waals surface area contributed by atoms with Crippen LogP contribution in [0.2, 0.25) is 0 Å². The first-order valence-electron chi connectivity index (χ1n) is 5.77. The van der Waals surface area contributed by atoms with Crippen LogP contribution < -0.4 is 11.3 Å². The molecule has 7 heteroatoms. The summed E-state index contributed by atoms with van der Waals surface area (Å²) in [7, 11) is 3.22. The molecule has 1 aromatic heterocycles. The second kappa shape index (κ2) is 6.03. The molecule has 0 saturated heterocycles. The average molecular weight is 266 g/mol. The first kappa shape index (κ1) is 14.7. The molecule has 0 aliphatic carbocycles. The van der Waals surface area contributed by atoms with Crippen molar-refractivity contribution in [3.63, 3.8) is 0 Å². The molecule has 0 saturated carbocycles. The van der Waals surface area contributed by atoms with Crippen molar-refractivity contribution >= 4 is 11.7 Å².